The summed E-state index contributed by atoms with van der Waals surface area (Å²) >= 11 is 0. The molecule has 0 spiro atoms. The molecule has 0 aliphatic heterocycles. The van der Waals surface area contributed by atoms with E-state index in [1.807, 2.05) is 12.3 Å². The Morgan fingerprint density at radius 3 is 2.23 bits per heavy atom. The fourth-order valence-electron chi connectivity index (χ4n) is 8.02. The molecule has 254 valence electrons. The van der Waals surface area contributed by atoms with Crippen LogP contribution in [0.5, 0.6) is 0 Å². The maximum Gasteiger partial charge on any atom is 2.00 e. The minimum absolute atomic E-state index is 0. The molecule has 0 bridgehead atoms. The molecular weight excluding hydrogens is 828 g/mol. The standard InChI is InChI=1S/C46H32BN5.Pt/c1-29-19-22-43-40(26-29)37-21-20-33(28-41(37)46-50-49-45(52(43)46)36-15-8-7-12-31(36)3)47(32-13-5-4-6-14-32)34-24-30(2)25-35(27-34)51-42-18-10-9-16-38(42)39-17-11-23-48-44(39)51;/h4-26H,1-3H3;/q-2;+2. The fourth-order valence-corrected chi connectivity index (χ4v) is 8.02. The molecule has 0 fully saturated rings. The Morgan fingerprint density at radius 2 is 1.36 bits per heavy atom. The zero-order valence-corrected chi connectivity index (χ0v) is 31.7. The first-order chi connectivity index (χ1) is 25.5. The Hall–Kier alpha value is -5.84. The number of fused-ring (bicyclic) bond motifs is 9. The zero-order valence-electron chi connectivity index (χ0n) is 29.4. The van der Waals surface area contributed by atoms with Gasteiger partial charge in [-0.1, -0.05) is 119 Å². The van der Waals surface area contributed by atoms with Crippen molar-refractivity contribution < 1.29 is 21.1 Å². The van der Waals surface area contributed by atoms with E-state index in [-0.39, 0.29) is 27.8 Å². The molecule has 4 aromatic heterocycles. The third-order valence-electron chi connectivity index (χ3n) is 10.4. The van der Waals surface area contributed by atoms with Gasteiger partial charge in [0.2, 0.25) is 0 Å². The van der Waals surface area contributed by atoms with Crippen LogP contribution in [-0.4, -0.2) is 30.9 Å². The fraction of sp³-hybridized carbons (Fsp3) is 0.0652. The van der Waals surface area contributed by atoms with Crippen LogP contribution in [0.3, 0.4) is 0 Å². The van der Waals surface area contributed by atoms with Crippen LogP contribution in [0.2, 0.25) is 0 Å². The molecule has 53 heavy (non-hydrogen) atoms. The number of para-hydroxylation sites is 1. The Morgan fingerprint density at radius 1 is 0.566 bits per heavy atom. The van der Waals surface area contributed by atoms with E-state index < -0.39 is 0 Å². The maximum absolute atomic E-state index is 4.87. The number of hydrogen-bond donors (Lipinski definition) is 0. The minimum atomic E-state index is -0.141. The maximum atomic E-state index is 4.87. The van der Waals surface area contributed by atoms with Gasteiger partial charge in [-0.2, -0.15) is 33.7 Å². The van der Waals surface area contributed by atoms with Crippen molar-refractivity contribution in [2.24, 2.45) is 0 Å². The van der Waals surface area contributed by atoms with Crippen LogP contribution in [0, 0.1) is 32.9 Å². The van der Waals surface area contributed by atoms with Gasteiger partial charge in [-0.05, 0) is 49.1 Å². The van der Waals surface area contributed by atoms with E-state index in [0.717, 1.165) is 83.0 Å². The molecular formula is C46H32BN5Pt. The molecule has 0 saturated carbocycles. The van der Waals surface area contributed by atoms with Crippen molar-refractivity contribution in [3.8, 4) is 17.1 Å². The van der Waals surface area contributed by atoms with Crippen molar-refractivity contribution in [1.82, 2.24) is 24.1 Å². The molecule has 10 rings (SSSR count). The SMILES string of the molecule is Cc1cc(B(c2[c-]c3c(cc2)c2cc(C)ccc2n2c(-c4ccccc4C)nnc32)c2ccccc2)[c-]c(-n2c3ccccc3c3cccnc32)c1.[Pt+2]. The van der Waals surface area contributed by atoms with Gasteiger partial charge in [-0.3, -0.25) is 0 Å². The number of rotatable bonds is 5. The van der Waals surface area contributed by atoms with Gasteiger partial charge in [-0.25, -0.2) is 4.98 Å². The second-order valence-corrected chi connectivity index (χ2v) is 13.8. The predicted molar refractivity (Wildman–Crippen MR) is 215 cm³/mol. The smallest absolute Gasteiger partial charge is 0.318 e. The molecule has 0 radical (unpaired) electrons. The van der Waals surface area contributed by atoms with Gasteiger partial charge in [0.1, 0.15) is 5.65 Å². The summed E-state index contributed by atoms with van der Waals surface area (Å²) in [6, 6.07) is 55.1. The summed E-state index contributed by atoms with van der Waals surface area (Å²) < 4.78 is 4.46. The van der Waals surface area contributed by atoms with Gasteiger partial charge in [0.15, 0.2) is 12.5 Å². The summed E-state index contributed by atoms with van der Waals surface area (Å²) in [6.07, 6.45) is 1.87. The van der Waals surface area contributed by atoms with Crippen molar-refractivity contribution in [3.63, 3.8) is 0 Å². The van der Waals surface area contributed by atoms with Crippen LogP contribution >= 0.6 is 0 Å². The molecule has 0 aliphatic rings. The van der Waals surface area contributed by atoms with Gasteiger partial charge in [0.25, 0.3) is 0 Å². The molecule has 7 heteroatoms. The van der Waals surface area contributed by atoms with E-state index in [0.29, 0.717) is 0 Å². The van der Waals surface area contributed by atoms with Crippen molar-refractivity contribution in [2.45, 2.75) is 20.8 Å². The third-order valence-corrected chi connectivity index (χ3v) is 10.4. The molecule has 6 aromatic carbocycles. The van der Waals surface area contributed by atoms with Crippen LogP contribution in [0.15, 0.2) is 140 Å². The Balaban J connectivity index is 0.00000372. The number of aryl methyl sites for hydroxylation is 3. The second kappa shape index (κ2) is 13.0. The van der Waals surface area contributed by atoms with Crippen LogP contribution in [-0.2, 0) is 21.1 Å². The van der Waals surface area contributed by atoms with Gasteiger partial charge in [0, 0.05) is 28.0 Å². The molecule has 5 nitrogen and oxygen atoms in total. The molecule has 0 aliphatic carbocycles. The number of benzene rings is 6. The van der Waals surface area contributed by atoms with E-state index in [4.69, 9.17) is 15.2 Å². The molecule has 0 atom stereocenters. The number of aromatic nitrogens is 5. The van der Waals surface area contributed by atoms with Gasteiger partial charge in [0.05, 0.1) is 11.2 Å². The van der Waals surface area contributed by atoms with Crippen LogP contribution < -0.4 is 16.4 Å². The van der Waals surface area contributed by atoms with Gasteiger partial charge >= 0.3 is 21.1 Å². The average molecular weight is 861 g/mol. The summed E-state index contributed by atoms with van der Waals surface area (Å²) in [5.74, 6) is 0.832. The summed E-state index contributed by atoms with van der Waals surface area (Å²) in [5.41, 5.74) is 12.7. The molecule has 0 N–H and O–H groups in total. The molecule has 0 amide bonds. The van der Waals surface area contributed by atoms with E-state index in [2.05, 4.69) is 169 Å². The van der Waals surface area contributed by atoms with Gasteiger partial charge in [-0.15, -0.1) is 29.4 Å². The average Bonchev–Trinajstić information content (AvgIpc) is 3.76. The van der Waals surface area contributed by atoms with E-state index >= 15 is 0 Å². The van der Waals surface area contributed by atoms with E-state index in [9.17, 15) is 0 Å². The number of nitrogens with zero attached hydrogens (tertiary/aromatic N) is 5. The topological polar surface area (TPSA) is 48.0 Å². The third kappa shape index (κ3) is 5.31. The van der Waals surface area contributed by atoms with Crippen molar-refractivity contribution in [2.75, 3.05) is 0 Å². The van der Waals surface area contributed by atoms with E-state index in [1.54, 1.807) is 0 Å². The summed E-state index contributed by atoms with van der Waals surface area (Å²) in [4.78, 5) is 4.86. The summed E-state index contributed by atoms with van der Waals surface area (Å²) in [6.45, 7) is 6.29. The Bertz CT molecular complexity index is 2970. The molecule has 10 aromatic rings. The predicted octanol–water partition coefficient (Wildman–Crippen LogP) is 8.23. The van der Waals surface area contributed by atoms with Crippen LogP contribution in [0.1, 0.15) is 16.7 Å². The second-order valence-electron chi connectivity index (χ2n) is 13.8. The Labute approximate surface area is 322 Å². The van der Waals surface area contributed by atoms with Crippen LogP contribution in [0.25, 0.3) is 66.3 Å². The Kier molecular flexibility index (Phi) is 8.09. The van der Waals surface area contributed by atoms with Crippen molar-refractivity contribution in [3.05, 3.63) is 168 Å². The first-order valence-electron chi connectivity index (χ1n) is 17.7. The quantitative estimate of drug-likeness (QED) is 0.0997. The number of hydrogen-bond acceptors (Lipinski definition) is 3. The van der Waals surface area contributed by atoms with E-state index in [1.165, 1.54) is 16.4 Å². The molecule has 4 heterocycles. The minimum Gasteiger partial charge on any atom is -0.318 e. The summed E-state index contributed by atoms with van der Waals surface area (Å²) in [7, 11) is 0. The van der Waals surface area contributed by atoms with Crippen molar-refractivity contribution >= 4 is 72.4 Å². The van der Waals surface area contributed by atoms with Gasteiger partial charge < -0.3 is 8.97 Å². The molecule has 0 saturated heterocycles. The van der Waals surface area contributed by atoms with Crippen LogP contribution in [0.4, 0.5) is 0 Å². The zero-order chi connectivity index (χ0) is 34.9. The van der Waals surface area contributed by atoms with Crippen molar-refractivity contribution in [1.29, 1.82) is 0 Å². The first-order valence-corrected chi connectivity index (χ1v) is 17.7. The normalized spacial score (nSPS) is 11.5. The first kappa shape index (κ1) is 33.0. The summed E-state index contributed by atoms with van der Waals surface area (Å²) in [5, 5.41) is 15.2. The molecule has 0 unspecified atom stereocenters. The monoisotopic (exact) mass is 860 g/mol. The largest absolute Gasteiger partial charge is 2.00 e. The number of pyridine rings is 2.